The van der Waals surface area contributed by atoms with Crippen LogP contribution in [0.25, 0.3) is 0 Å². The highest BCUT2D eigenvalue weighted by Gasteiger charge is 2.21. The first-order valence-corrected chi connectivity index (χ1v) is 6.92. The maximum atomic E-state index is 12.0. The topological polar surface area (TPSA) is 58.9 Å². The van der Waals surface area contributed by atoms with Gasteiger partial charge in [0.2, 0.25) is 0 Å². The second-order valence-electron chi connectivity index (χ2n) is 5.73. The molecule has 5 nitrogen and oxygen atoms in total. The summed E-state index contributed by atoms with van der Waals surface area (Å²) in [5.74, 6) is -0.0497. The molecule has 1 aromatic heterocycles. The van der Waals surface area contributed by atoms with Gasteiger partial charge in [0.15, 0.2) is 0 Å². The second-order valence-corrected chi connectivity index (χ2v) is 5.73. The smallest absolute Gasteiger partial charge is 0.254 e. The summed E-state index contributed by atoms with van der Waals surface area (Å²) < 4.78 is 1.89. The van der Waals surface area contributed by atoms with E-state index in [1.54, 1.807) is 6.20 Å². The van der Waals surface area contributed by atoms with Crippen molar-refractivity contribution < 1.29 is 4.79 Å². The zero-order chi connectivity index (χ0) is 14.5. The van der Waals surface area contributed by atoms with Crippen LogP contribution in [0.5, 0.6) is 0 Å². The van der Waals surface area contributed by atoms with E-state index in [2.05, 4.69) is 43.4 Å². The van der Waals surface area contributed by atoms with E-state index in [9.17, 15) is 4.79 Å². The molecule has 0 bridgehead atoms. The average Bonchev–Trinajstić information content (AvgIpc) is 2.70. The number of carbonyl (C=O) groups is 1. The number of aromatic nitrogens is 2. The number of amides is 1. The number of hydrogen-bond donors (Lipinski definition) is 2. The number of rotatable bonds is 6. The van der Waals surface area contributed by atoms with Crippen LogP contribution in [0.4, 0.5) is 0 Å². The van der Waals surface area contributed by atoms with Crippen molar-refractivity contribution in [3.8, 4) is 0 Å². The Morgan fingerprint density at radius 1 is 1.32 bits per heavy atom. The Kier molecular flexibility index (Phi) is 5.54. The minimum atomic E-state index is -0.106. The number of nitrogens with zero attached hydrogens (tertiary/aromatic N) is 2. The third-order valence-electron chi connectivity index (χ3n) is 2.90. The van der Waals surface area contributed by atoms with E-state index in [4.69, 9.17) is 0 Å². The minimum Gasteiger partial charge on any atom is -0.351 e. The predicted molar refractivity (Wildman–Crippen MR) is 77.5 cm³/mol. The Morgan fingerprint density at radius 2 is 2.00 bits per heavy atom. The van der Waals surface area contributed by atoms with Crippen LogP contribution in [-0.4, -0.2) is 35.3 Å². The van der Waals surface area contributed by atoms with Crippen molar-refractivity contribution in [3.63, 3.8) is 0 Å². The lowest BCUT2D eigenvalue weighted by molar-refractivity contribution is 0.0953. The van der Waals surface area contributed by atoms with Crippen LogP contribution in [0.3, 0.4) is 0 Å². The van der Waals surface area contributed by atoms with Gasteiger partial charge in [-0.25, -0.2) is 0 Å². The van der Waals surface area contributed by atoms with Gasteiger partial charge in [-0.05, 0) is 40.7 Å². The molecule has 0 aliphatic rings. The molecule has 0 saturated heterocycles. The summed E-state index contributed by atoms with van der Waals surface area (Å²) in [7, 11) is 0. The van der Waals surface area contributed by atoms with Gasteiger partial charge in [-0.3, -0.25) is 9.48 Å². The lowest BCUT2D eigenvalue weighted by Gasteiger charge is -2.21. The molecule has 0 fully saturated rings. The summed E-state index contributed by atoms with van der Waals surface area (Å²) in [6.45, 7) is 12.7. The van der Waals surface area contributed by atoms with Crippen LogP contribution >= 0.6 is 0 Å². The standard InChI is InChI=1S/C14H26N4O/c1-6-7-15-8-9-16-13(19)12-10-17-18(11(12)2)14(3,4)5/h10,15H,6-9H2,1-5H3,(H,16,19). The average molecular weight is 266 g/mol. The van der Waals surface area contributed by atoms with Crippen molar-refractivity contribution in [1.82, 2.24) is 20.4 Å². The molecule has 0 saturated carbocycles. The maximum absolute atomic E-state index is 12.0. The molecule has 108 valence electrons. The SMILES string of the molecule is CCCNCCNC(=O)c1cnn(C(C)(C)C)c1C. The van der Waals surface area contributed by atoms with Crippen LogP contribution < -0.4 is 10.6 Å². The van der Waals surface area contributed by atoms with Crippen LogP contribution in [0.2, 0.25) is 0 Å². The fraction of sp³-hybridized carbons (Fsp3) is 0.714. The molecule has 1 aromatic rings. The van der Waals surface area contributed by atoms with Gasteiger partial charge in [-0.1, -0.05) is 6.92 Å². The Morgan fingerprint density at radius 3 is 2.53 bits per heavy atom. The van der Waals surface area contributed by atoms with Gasteiger partial charge in [0.25, 0.3) is 5.91 Å². The molecular formula is C14H26N4O. The molecule has 1 rings (SSSR count). The van der Waals surface area contributed by atoms with E-state index in [0.29, 0.717) is 12.1 Å². The van der Waals surface area contributed by atoms with E-state index in [1.807, 2.05) is 11.6 Å². The van der Waals surface area contributed by atoms with Gasteiger partial charge < -0.3 is 10.6 Å². The fourth-order valence-electron chi connectivity index (χ4n) is 1.97. The van der Waals surface area contributed by atoms with Crippen molar-refractivity contribution in [2.45, 2.75) is 46.6 Å². The summed E-state index contributed by atoms with van der Waals surface area (Å²) in [4.78, 5) is 12.0. The number of nitrogens with one attached hydrogen (secondary N) is 2. The predicted octanol–water partition coefficient (Wildman–Crippen LogP) is 1.68. The Hall–Kier alpha value is -1.36. The zero-order valence-electron chi connectivity index (χ0n) is 12.7. The largest absolute Gasteiger partial charge is 0.351 e. The maximum Gasteiger partial charge on any atom is 0.254 e. The van der Waals surface area contributed by atoms with Crippen LogP contribution in [0, 0.1) is 6.92 Å². The Bertz CT molecular complexity index is 418. The normalized spacial score (nSPS) is 11.6. The van der Waals surface area contributed by atoms with Gasteiger partial charge >= 0.3 is 0 Å². The van der Waals surface area contributed by atoms with E-state index < -0.39 is 0 Å². The molecule has 0 aliphatic carbocycles. The third kappa shape index (κ3) is 4.35. The first-order chi connectivity index (χ1) is 8.88. The Balaban J connectivity index is 2.56. The summed E-state index contributed by atoms with van der Waals surface area (Å²) in [5, 5.41) is 10.5. The molecule has 1 heterocycles. The zero-order valence-corrected chi connectivity index (χ0v) is 12.7. The molecule has 0 aromatic carbocycles. The Labute approximate surface area is 115 Å². The van der Waals surface area contributed by atoms with Crippen LogP contribution in [-0.2, 0) is 5.54 Å². The highest BCUT2D eigenvalue weighted by molar-refractivity contribution is 5.95. The quantitative estimate of drug-likeness (QED) is 0.770. The summed E-state index contributed by atoms with van der Waals surface area (Å²) in [6.07, 6.45) is 2.75. The molecule has 0 unspecified atom stereocenters. The van der Waals surface area contributed by atoms with Crippen molar-refractivity contribution in [2.75, 3.05) is 19.6 Å². The first-order valence-electron chi connectivity index (χ1n) is 6.92. The molecule has 5 heteroatoms. The number of hydrogen-bond acceptors (Lipinski definition) is 3. The highest BCUT2D eigenvalue weighted by Crippen LogP contribution is 2.17. The van der Waals surface area contributed by atoms with Crippen molar-refractivity contribution in [3.05, 3.63) is 17.5 Å². The third-order valence-corrected chi connectivity index (χ3v) is 2.90. The molecule has 0 aliphatic heterocycles. The fourth-order valence-corrected chi connectivity index (χ4v) is 1.97. The van der Waals surface area contributed by atoms with Crippen molar-refractivity contribution >= 4 is 5.91 Å². The first kappa shape index (κ1) is 15.7. The van der Waals surface area contributed by atoms with E-state index >= 15 is 0 Å². The van der Waals surface area contributed by atoms with Crippen molar-refractivity contribution in [1.29, 1.82) is 0 Å². The second kappa shape index (κ2) is 6.70. The highest BCUT2D eigenvalue weighted by atomic mass is 16.1. The van der Waals surface area contributed by atoms with E-state index in [-0.39, 0.29) is 11.4 Å². The molecule has 0 radical (unpaired) electrons. The molecular weight excluding hydrogens is 240 g/mol. The summed E-state index contributed by atoms with van der Waals surface area (Å²) in [5.41, 5.74) is 1.46. The minimum absolute atomic E-state index is 0.0497. The van der Waals surface area contributed by atoms with E-state index in [0.717, 1.165) is 25.2 Å². The summed E-state index contributed by atoms with van der Waals surface area (Å²) >= 11 is 0. The molecule has 0 spiro atoms. The molecule has 19 heavy (non-hydrogen) atoms. The molecule has 0 atom stereocenters. The van der Waals surface area contributed by atoms with Crippen LogP contribution in [0.1, 0.15) is 50.2 Å². The molecule has 1 amide bonds. The van der Waals surface area contributed by atoms with Gasteiger partial charge in [-0.2, -0.15) is 5.10 Å². The van der Waals surface area contributed by atoms with Gasteiger partial charge in [-0.15, -0.1) is 0 Å². The molecule has 2 N–H and O–H groups in total. The van der Waals surface area contributed by atoms with Gasteiger partial charge in [0.05, 0.1) is 17.3 Å². The van der Waals surface area contributed by atoms with Gasteiger partial charge in [0, 0.05) is 18.8 Å². The lowest BCUT2D eigenvalue weighted by Crippen LogP contribution is -2.32. The summed E-state index contributed by atoms with van der Waals surface area (Å²) in [6, 6.07) is 0. The van der Waals surface area contributed by atoms with Crippen LogP contribution in [0.15, 0.2) is 6.20 Å². The van der Waals surface area contributed by atoms with Gasteiger partial charge in [0.1, 0.15) is 0 Å². The van der Waals surface area contributed by atoms with Crippen molar-refractivity contribution in [2.24, 2.45) is 0 Å². The van der Waals surface area contributed by atoms with E-state index in [1.165, 1.54) is 0 Å². The monoisotopic (exact) mass is 266 g/mol. The lowest BCUT2D eigenvalue weighted by atomic mass is 10.1. The number of carbonyl (C=O) groups excluding carboxylic acids is 1.